The number of benzene rings is 9. The largest absolute Gasteiger partial charge is 0.299 e. The highest BCUT2D eigenvalue weighted by molar-refractivity contribution is 6.04. The SMILES string of the molecule is c1ccc(-c2nc(-c3ccc4c(c3)C3(c5ccccc5-c5ccccc53)c3ccccc3-4)nc(-c3ccc4ccccc4c3-c3ccc(-c4nc5ccccn5c4-c4ccccc4)cc3)n2)cc1. The highest BCUT2D eigenvalue weighted by Gasteiger charge is 2.51. The minimum atomic E-state index is -0.490. The Morgan fingerprint density at radius 2 is 0.838 bits per heavy atom. The maximum atomic E-state index is 5.47. The molecule has 5 nitrogen and oxygen atoms in total. The van der Waals surface area contributed by atoms with Gasteiger partial charge in [0.1, 0.15) is 5.65 Å². The summed E-state index contributed by atoms with van der Waals surface area (Å²) < 4.78 is 2.18. The van der Waals surface area contributed by atoms with Gasteiger partial charge in [0, 0.05) is 39.6 Å². The van der Waals surface area contributed by atoms with E-state index in [2.05, 4.69) is 217 Å². The Balaban J connectivity index is 0.962. The van der Waals surface area contributed by atoms with Gasteiger partial charge < -0.3 is 0 Å². The van der Waals surface area contributed by atoms with E-state index < -0.39 is 5.41 Å². The Bertz CT molecular complexity index is 3900. The van der Waals surface area contributed by atoms with E-state index in [4.69, 9.17) is 19.9 Å². The van der Waals surface area contributed by atoms with Crippen LogP contribution in [-0.4, -0.2) is 24.3 Å². The molecule has 0 saturated carbocycles. The van der Waals surface area contributed by atoms with Crippen LogP contribution >= 0.6 is 0 Å². The third-order valence-corrected chi connectivity index (χ3v) is 14.1. The highest BCUT2D eigenvalue weighted by atomic mass is 15.0. The molecule has 3 heterocycles. The minimum Gasteiger partial charge on any atom is -0.299 e. The van der Waals surface area contributed by atoms with E-state index in [1.165, 1.54) is 44.5 Å². The molecule has 316 valence electrons. The van der Waals surface area contributed by atoms with E-state index in [0.29, 0.717) is 17.5 Å². The van der Waals surface area contributed by atoms with Crippen molar-refractivity contribution in [2.75, 3.05) is 0 Å². The molecule has 0 unspecified atom stereocenters. The summed E-state index contributed by atoms with van der Waals surface area (Å²) in [5, 5.41) is 2.26. The molecule has 12 aromatic rings. The van der Waals surface area contributed by atoms with Gasteiger partial charge >= 0.3 is 0 Å². The number of hydrogen-bond donors (Lipinski definition) is 0. The smallest absolute Gasteiger partial charge is 0.164 e. The van der Waals surface area contributed by atoms with Gasteiger partial charge in [-0.2, -0.15) is 0 Å². The minimum absolute atomic E-state index is 0.490. The molecule has 3 aromatic heterocycles. The summed E-state index contributed by atoms with van der Waals surface area (Å²) in [4.78, 5) is 21.3. The van der Waals surface area contributed by atoms with Crippen LogP contribution in [-0.2, 0) is 5.41 Å². The topological polar surface area (TPSA) is 56.0 Å². The van der Waals surface area contributed by atoms with Crippen molar-refractivity contribution in [2.24, 2.45) is 0 Å². The number of hydrogen-bond acceptors (Lipinski definition) is 4. The molecular weight excluding hydrogens is 827 g/mol. The first kappa shape index (κ1) is 38.2. The van der Waals surface area contributed by atoms with Crippen LogP contribution in [0.15, 0.2) is 237 Å². The molecule has 2 aliphatic carbocycles. The fourth-order valence-corrected chi connectivity index (χ4v) is 11.2. The Morgan fingerprint density at radius 3 is 1.53 bits per heavy atom. The van der Waals surface area contributed by atoms with Gasteiger partial charge in [0.05, 0.1) is 16.8 Å². The molecule has 0 N–H and O–H groups in total. The second-order valence-corrected chi connectivity index (χ2v) is 17.7. The van der Waals surface area contributed by atoms with Crippen molar-refractivity contribution in [3.05, 3.63) is 259 Å². The van der Waals surface area contributed by atoms with Crippen LogP contribution in [0.25, 0.3) is 106 Å². The van der Waals surface area contributed by atoms with Gasteiger partial charge in [-0.3, -0.25) is 4.40 Å². The van der Waals surface area contributed by atoms with E-state index in [0.717, 1.165) is 66.8 Å². The van der Waals surface area contributed by atoms with Crippen LogP contribution in [0.2, 0.25) is 0 Å². The average Bonchev–Trinajstić information content (AvgIpc) is 4.05. The molecule has 0 atom stereocenters. The van der Waals surface area contributed by atoms with Crippen molar-refractivity contribution in [3.63, 3.8) is 0 Å². The Hall–Kier alpha value is -9.06. The lowest BCUT2D eigenvalue weighted by atomic mass is 9.70. The molecule has 0 amide bonds. The highest BCUT2D eigenvalue weighted by Crippen LogP contribution is 2.63. The Morgan fingerprint density at radius 1 is 0.324 bits per heavy atom. The normalized spacial score (nSPS) is 12.8. The second-order valence-electron chi connectivity index (χ2n) is 17.7. The van der Waals surface area contributed by atoms with Crippen LogP contribution in [0.3, 0.4) is 0 Å². The predicted octanol–water partition coefficient (Wildman–Crippen LogP) is 15.0. The lowest BCUT2D eigenvalue weighted by Crippen LogP contribution is -2.25. The summed E-state index contributed by atoms with van der Waals surface area (Å²) in [5.41, 5.74) is 19.7. The van der Waals surface area contributed by atoms with E-state index >= 15 is 0 Å². The van der Waals surface area contributed by atoms with Gasteiger partial charge in [-0.25, -0.2) is 19.9 Å². The van der Waals surface area contributed by atoms with Gasteiger partial charge in [0.25, 0.3) is 0 Å². The number of fused-ring (bicyclic) bond motifs is 12. The monoisotopic (exact) mass is 865 g/mol. The van der Waals surface area contributed by atoms with Crippen molar-refractivity contribution < 1.29 is 0 Å². The zero-order valence-electron chi connectivity index (χ0n) is 36.8. The molecule has 0 saturated heterocycles. The van der Waals surface area contributed by atoms with Crippen LogP contribution in [0.1, 0.15) is 22.3 Å². The summed E-state index contributed by atoms with van der Waals surface area (Å²) in [6, 6.07) is 82.3. The molecule has 0 fully saturated rings. The van der Waals surface area contributed by atoms with E-state index in [9.17, 15) is 0 Å². The fraction of sp³-hybridized carbons (Fsp3) is 0.0159. The maximum absolute atomic E-state index is 5.47. The summed E-state index contributed by atoms with van der Waals surface area (Å²) >= 11 is 0. The van der Waals surface area contributed by atoms with Crippen LogP contribution < -0.4 is 0 Å². The van der Waals surface area contributed by atoms with Gasteiger partial charge in [0.2, 0.25) is 0 Å². The van der Waals surface area contributed by atoms with Crippen LogP contribution in [0.5, 0.6) is 0 Å². The molecule has 2 aliphatic rings. The fourth-order valence-electron chi connectivity index (χ4n) is 11.2. The van der Waals surface area contributed by atoms with E-state index in [-0.39, 0.29) is 0 Å². The third kappa shape index (κ3) is 5.63. The maximum Gasteiger partial charge on any atom is 0.164 e. The predicted molar refractivity (Wildman–Crippen MR) is 275 cm³/mol. The number of imidazole rings is 1. The Labute approximate surface area is 393 Å². The number of pyridine rings is 1. The first-order chi connectivity index (χ1) is 33.7. The number of aromatic nitrogens is 5. The van der Waals surface area contributed by atoms with Crippen molar-refractivity contribution in [1.29, 1.82) is 0 Å². The summed E-state index contributed by atoms with van der Waals surface area (Å²) in [6.07, 6.45) is 2.09. The quantitative estimate of drug-likeness (QED) is 0.167. The van der Waals surface area contributed by atoms with Crippen molar-refractivity contribution in [1.82, 2.24) is 24.3 Å². The summed E-state index contributed by atoms with van der Waals surface area (Å²) in [7, 11) is 0. The van der Waals surface area contributed by atoms with Gasteiger partial charge in [-0.05, 0) is 85.1 Å². The average molecular weight is 866 g/mol. The standard InChI is InChI=1S/C63H39N5/c1-3-18-43(19-4-1)59-58(64-56-29-15-16-38-68(56)59)42-32-30-41(31-33-42)57-46-22-8-7-17-40(46)34-37-51(57)62-66-60(44-20-5-2-6-21-44)65-61(67-62)45-35-36-50-49-25-11-14-28-54(49)63(55(50)39-45)52-26-12-9-23-47(52)48-24-10-13-27-53(48)63/h1-39H. The molecule has 0 aliphatic heterocycles. The van der Waals surface area contributed by atoms with Crippen molar-refractivity contribution in [2.45, 2.75) is 5.41 Å². The zero-order valence-corrected chi connectivity index (χ0v) is 36.8. The summed E-state index contributed by atoms with van der Waals surface area (Å²) in [6.45, 7) is 0. The van der Waals surface area contributed by atoms with Gasteiger partial charge in [-0.1, -0.05) is 206 Å². The molecule has 0 bridgehead atoms. The second kappa shape index (κ2) is 15.0. The molecule has 68 heavy (non-hydrogen) atoms. The third-order valence-electron chi connectivity index (χ3n) is 14.1. The molecule has 0 radical (unpaired) electrons. The first-order valence-corrected chi connectivity index (χ1v) is 23.1. The zero-order chi connectivity index (χ0) is 44.8. The van der Waals surface area contributed by atoms with Crippen LogP contribution in [0, 0.1) is 0 Å². The summed E-state index contributed by atoms with van der Waals surface area (Å²) in [5.74, 6) is 1.85. The van der Waals surface area contributed by atoms with Gasteiger partial charge in [0.15, 0.2) is 17.5 Å². The lowest BCUT2D eigenvalue weighted by molar-refractivity contribution is 0.794. The number of rotatable bonds is 6. The van der Waals surface area contributed by atoms with E-state index in [1.807, 2.05) is 24.3 Å². The Kier molecular flexibility index (Phi) is 8.43. The molecule has 14 rings (SSSR count). The van der Waals surface area contributed by atoms with Gasteiger partial charge in [-0.15, -0.1) is 0 Å². The lowest BCUT2D eigenvalue weighted by Gasteiger charge is -2.30. The molecule has 1 spiro atoms. The van der Waals surface area contributed by atoms with Crippen molar-refractivity contribution in [3.8, 4) is 90.1 Å². The molecular formula is C63H39N5. The van der Waals surface area contributed by atoms with Crippen LogP contribution in [0.4, 0.5) is 0 Å². The van der Waals surface area contributed by atoms with Crippen molar-refractivity contribution >= 4 is 16.4 Å². The van der Waals surface area contributed by atoms with E-state index in [1.54, 1.807) is 0 Å². The molecule has 5 heteroatoms. The molecule has 9 aromatic carbocycles. The first-order valence-electron chi connectivity index (χ1n) is 23.1. The number of nitrogens with zero attached hydrogens (tertiary/aromatic N) is 5.